The Morgan fingerprint density at radius 3 is 2.82 bits per heavy atom. The van der Waals surface area contributed by atoms with Crippen LogP contribution in [0, 0.1) is 0 Å². The molecule has 0 spiro atoms. The van der Waals surface area contributed by atoms with Crippen LogP contribution in [0.4, 0.5) is 5.13 Å². The van der Waals surface area contributed by atoms with E-state index in [2.05, 4.69) is 22.4 Å². The molecule has 0 aliphatic heterocycles. The van der Waals surface area contributed by atoms with E-state index in [1.54, 1.807) is 0 Å². The highest BCUT2D eigenvalue weighted by molar-refractivity contribution is 7.14. The fourth-order valence-electron chi connectivity index (χ4n) is 1.24. The van der Waals surface area contributed by atoms with Crippen molar-refractivity contribution in [1.29, 1.82) is 0 Å². The fraction of sp³-hybridized carbons (Fsp3) is 0. The molecule has 0 saturated heterocycles. The molecule has 0 radical (unpaired) electrons. The van der Waals surface area contributed by atoms with Gasteiger partial charge in [0.15, 0.2) is 0 Å². The molecule has 17 heavy (non-hydrogen) atoms. The first kappa shape index (κ1) is 11.3. The highest BCUT2D eigenvalue weighted by atomic mass is 32.1. The summed E-state index contributed by atoms with van der Waals surface area (Å²) in [4.78, 5) is 15.3. The van der Waals surface area contributed by atoms with Gasteiger partial charge in [0, 0.05) is 10.9 Å². The largest absolute Gasteiger partial charge is 0.273 e. The molecule has 86 valence electrons. The van der Waals surface area contributed by atoms with Gasteiger partial charge in [0.05, 0.1) is 5.69 Å². The third kappa shape index (κ3) is 2.92. The van der Waals surface area contributed by atoms with E-state index in [9.17, 15) is 4.79 Å². The average molecular weight is 245 g/mol. The van der Waals surface area contributed by atoms with Gasteiger partial charge in [-0.25, -0.2) is 4.98 Å². The van der Waals surface area contributed by atoms with Crippen LogP contribution in [0.1, 0.15) is 0 Å². The summed E-state index contributed by atoms with van der Waals surface area (Å²) in [5, 5.41) is 2.57. The highest BCUT2D eigenvalue weighted by Crippen LogP contribution is 2.23. The molecule has 0 atom stereocenters. The van der Waals surface area contributed by atoms with Crippen LogP contribution in [-0.2, 0) is 4.79 Å². The predicted octanol–water partition coefficient (Wildman–Crippen LogP) is 2.44. The number of anilines is 1. The Bertz CT molecular complexity index is 522. The van der Waals surface area contributed by atoms with Crippen LogP contribution >= 0.6 is 11.3 Å². The van der Waals surface area contributed by atoms with Gasteiger partial charge in [-0.2, -0.15) is 0 Å². The van der Waals surface area contributed by atoms with Gasteiger partial charge < -0.3 is 0 Å². The Labute approximate surface area is 103 Å². The smallest absolute Gasteiger partial charge is 0.261 e. The number of hydrogen-bond acceptors (Lipinski definition) is 4. The van der Waals surface area contributed by atoms with E-state index < -0.39 is 0 Å². The molecule has 0 saturated carbocycles. The van der Waals surface area contributed by atoms with Gasteiger partial charge in [-0.05, 0) is 6.08 Å². The Balaban J connectivity index is 2.06. The minimum absolute atomic E-state index is 0.290. The number of thiazole rings is 1. The molecule has 0 unspecified atom stereocenters. The predicted molar refractivity (Wildman–Crippen MR) is 69.5 cm³/mol. The number of carbonyl (C=O) groups is 1. The van der Waals surface area contributed by atoms with Gasteiger partial charge in [0.25, 0.3) is 5.91 Å². The normalized spacial score (nSPS) is 9.65. The number of carbonyl (C=O) groups excluding carboxylic acids is 1. The fourth-order valence-corrected chi connectivity index (χ4v) is 1.91. The molecular weight excluding hydrogens is 234 g/mol. The maximum absolute atomic E-state index is 10.9. The van der Waals surface area contributed by atoms with Crippen molar-refractivity contribution in [2.45, 2.75) is 0 Å². The first-order valence-corrected chi connectivity index (χ1v) is 5.87. The standard InChI is InChI=1S/C12H11N3OS/c1-2-11(16)14-15-12-13-10(8-17-12)9-6-4-3-5-7-9/h2-8H,1H2,(H,13,15)(H,14,16). The van der Waals surface area contributed by atoms with Crippen LogP contribution in [0.2, 0.25) is 0 Å². The molecule has 0 aliphatic rings. The van der Waals surface area contributed by atoms with E-state index in [0.29, 0.717) is 5.13 Å². The lowest BCUT2D eigenvalue weighted by Gasteiger charge is -2.01. The topological polar surface area (TPSA) is 54.0 Å². The highest BCUT2D eigenvalue weighted by Gasteiger charge is 2.03. The molecule has 4 nitrogen and oxygen atoms in total. The Morgan fingerprint density at radius 1 is 1.35 bits per heavy atom. The first-order chi connectivity index (χ1) is 8.29. The lowest BCUT2D eigenvalue weighted by Crippen LogP contribution is -2.27. The second-order valence-corrected chi connectivity index (χ2v) is 4.08. The number of benzene rings is 1. The second kappa shape index (κ2) is 5.27. The molecule has 2 aromatic rings. The lowest BCUT2D eigenvalue weighted by molar-refractivity contribution is -0.116. The third-order valence-corrected chi connectivity index (χ3v) is 2.81. The molecule has 2 N–H and O–H groups in total. The summed E-state index contributed by atoms with van der Waals surface area (Å²) in [6.07, 6.45) is 1.19. The third-order valence-electron chi connectivity index (χ3n) is 2.05. The second-order valence-electron chi connectivity index (χ2n) is 3.22. The summed E-state index contributed by atoms with van der Waals surface area (Å²) in [6, 6.07) is 9.85. The van der Waals surface area contributed by atoms with Gasteiger partial charge in [0.1, 0.15) is 0 Å². The van der Waals surface area contributed by atoms with Gasteiger partial charge >= 0.3 is 0 Å². The van der Waals surface area contributed by atoms with Crippen molar-refractivity contribution in [3.63, 3.8) is 0 Å². The van der Waals surface area contributed by atoms with Crippen molar-refractivity contribution in [3.8, 4) is 11.3 Å². The summed E-state index contributed by atoms with van der Waals surface area (Å²) >= 11 is 1.43. The molecule has 1 aromatic carbocycles. The van der Waals surface area contributed by atoms with Crippen molar-refractivity contribution < 1.29 is 4.79 Å². The van der Waals surface area contributed by atoms with Crippen LogP contribution in [0.15, 0.2) is 48.4 Å². The zero-order chi connectivity index (χ0) is 12.1. The van der Waals surface area contributed by atoms with E-state index in [-0.39, 0.29) is 5.91 Å². The van der Waals surface area contributed by atoms with Gasteiger partial charge in [0.2, 0.25) is 5.13 Å². The SMILES string of the molecule is C=CC(=O)NNc1nc(-c2ccccc2)cs1. The van der Waals surface area contributed by atoms with Crippen LogP contribution in [-0.4, -0.2) is 10.9 Å². The first-order valence-electron chi connectivity index (χ1n) is 4.99. The average Bonchev–Trinajstić information content (AvgIpc) is 2.86. The number of aromatic nitrogens is 1. The van der Waals surface area contributed by atoms with Crippen LogP contribution in [0.3, 0.4) is 0 Å². The van der Waals surface area contributed by atoms with Gasteiger partial charge in [-0.3, -0.25) is 15.6 Å². The molecular formula is C12H11N3OS. The van der Waals surface area contributed by atoms with Crippen LogP contribution < -0.4 is 10.9 Å². The minimum atomic E-state index is -0.290. The Hall–Kier alpha value is -2.14. The van der Waals surface area contributed by atoms with E-state index in [4.69, 9.17) is 0 Å². The summed E-state index contributed by atoms with van der Waals surface area (Å²) in [7, 11) is 0. The Kier molecular flexibility index (Phi) is 3.52. The molecule has 5 heteroatoms. The quantitative estimate of drug-likeness (QED) is 0.642. The van der Waals surface area contributed by atoms with Crippen molar-refractivity contribution in [2.75, 3.05) is 5.43 Å². The summed E-state index contributed by atoms with van der Waals surface area (Å²) in [5.41, 5.74) is 7.10. The number of amides is 1. The van der Waals surface area contributed by atoms with E-state index in [0.717, 1.165) is 11.3 Å². The number of hydrogen-bond donors (Lipinski definition) is 2. The van der Waals surface area contributed by atoms with Crippen molar-refractivity contribution >= 4 is 22.4 Å². The lowest BCUT2D eigenvalue weighted by atomic mass is 10.2. The van der Waals surface area contributed by atoms with Gasteiger partial charge in [-0.15, -0.1) is 11.3 Å². The molecule has 0 fully saturated rings. The van der Waals surface area contributed by atoms with Gasteiger partial charge in [-0.1, -0.05) is 36.9 Å². The van der Waals surface area contributed by atoms with Crippen LogP contribution in [0.5, 0.6) is 0 Å². The molecule has 0 bridgehead atoms. The summed E-state index contributed by atoms with van der Waals surface area (Å²) in [5.74, 6) is -0.290. The molecule has 1 aromatic heterocycles. The van der Waals surface area contributed by atoms with Crippen molar-refractivity contribution in [2.24, 2.45) is 0 Å². The van der Waals surface area contributed by atoms with Crippen molar-refractivity contribution in [1.82, 2.24) is 10.4 Å². The number of nitrogens with one attached hydrogen (secondary N) is 2. The summed E-state index contributed by atoms with van der Waals surface area (Å²) in [6.45, 7) is 3.36. The van der Waals surface area contributed by atoms with Crippen LogP contribution in [0.25, 0.3) is 11.3 Å². The molecule has 1 heterocycles. The van der Waals surface area contributed by atoms with Crippen molar-refractivity contribution in [3.05, 3.63) is 48.4 Å². The molecule has 1 amide bonds. The molecule has 0 aliphatic carbocycles. The van der Waals surface area contributed by atoms with E-state index >= 15 is 0 Å². The monoisotopic (exact) mass is 245 g/mol. The maximum atomic E-state index is 10.9. The Morgan fingerprint density at radius 2 is 2.12 bits per heavy atom. The number of rotatable bonds is 4. The number of hydrazine groups is 1. The zero-order valence-corrected chi connectivity index (χ0v) is 9.83. The van der Waals surface area contributed by atoms with E-state index in [1.807, 2.05) is 35.7 Å². The summed E-state index contributed by atoms with van der Waals surface area (Å²) < 4.78 is 0. The zero-order valence-electron chi connectivity index (χ0n) is 9.01. The van der Waals surface area contributed by atoms with E-state index in [1.165, 1.54) is 17.4 Å². The number of nitrogens with zero attached hydrogens (tertiary/aromatic N) is 1. The maximum Gasteiger partial charge on any atom is 0.261 e. The minimum Gasteiger partial charge on any atom is -0.273 e. The molecule has 2 rings (SSSR count).